The molecule has 0 N–H and O–H groups in total. The Morgan fingerprint density at radius 1 is 0.909 bits per heavy atom. The summed E-state index contributed by atoms with van der Waals surface area (Å²) in [6.45, 7) is 5.08. The van der Waals surface area contributed by atoms with E-state index in [1.54, 1.807) is 0 Å². The van der Waals surface area contributed by atoms with Crippen LogP contribution in [0.2, 0.25) is 0 Å². The van der Waals surface area contributed by atoms with Gasteiger partial charge in [0.25, 0.3) is 0 Å². The molecule has 0 atom stereocenters. The minimum atomic E-state index is 0.203. The highest BCUT2D eigenvalue weighted by molar-refractivity contribution is 14.1. The maximum atomic E-state index is 9.34. The molecule has 0 unspecified atom stereocenters. The molecule has 0 spiro atoms. The second kappa shape index (κ2) is 10.5. The Bertz CT molecular complexity index is 1260. The van der Waals surface area contributed by atoms with Gasteiger partial charge in [-0.15, -0.1) is 0 Å². The van der Waals surface area contributed by atoms with Gasteiger partial charge in [0.05, 0.1) is 9.13 Å². The van der Waals surface area contributed by atoms with Gasteiger partial charge in [0.2, 0.25) is 0 Å². The molecule has 0 saturated heterocycles. The zero-order chi connectivity index (χ0) is 23.2. The Morgan fingerprint density at radius 2 is 1.48 bits per heavy atom. The second-order valence-electron chi connectivity index (χ2n) is 7.88. The highest BCUT2D eigenvalue weighted by atomic mass is 127. The van der Waals surface area contributed by atoms with E-state index in [2.05, 4.69) is 47.7 Å². The van der Waals surface area contributed by atoms with Crippen molar-refractivity contribution >= 4 is 22.6 Å². The Balaban J connectivity index is 1.75. The predicted octanol–water partition coefficient (Wildman–Crippen LogP) is 7.10. The van der Waals surface area contributed by atoms with Gasteiger partial charge in [-0.1, -0.05) is 79.7 Å². The zero-order valence-corrected chi connectivity index (χ0v) is 20.6. The first-order valence-corrected chi connectivity index (χ1v) is 11.7. The number of rotatable bonds is 8. The summed E-state index contributed by atoms with van der Waals surface area (Å²) in [6.07, 6.45) is 0. The number of nitrogens with zero attached hydrogens (tertiary/aromatic N) is 2. The summed E-state index contributed by atoms with van der Waals surface area (Å²) >= 11 is 2.09. The average Bonchev–Trinajstić information content (AvgIpc) is 3.22. The van der Waals surface area contributed by atoms with Crippen molar-refractivity contribution in [3.63, 3.8) is 0 Å². The Labute approximate surface area is 207 Å². The third-order valence-electron chi connectivity index (χ3n) is 5.19. The molecule has 33 heavy (non-hydrogen) atoms. The van der Waals surface area contributed by atoms with Crippen LogP contribution in [0.3, 0.4) is 0 Å². The van der Waals surface area contributed by atoms with Gasteiger partial charge >= 0.3 is 0 Å². The minimum Gasteiger partial charge on any atom is -0.488 e. The van der Waals surface area contributed by atoms with E-state index in [1.807, 2.05) is 72.8 Å². The lowest BCUT2D eigenvalue weighted by atomic mass is 9.97. The molecule has 0 radical (unpaired) electrons. The first-order chi connectivity index (χ1) is 16.1. The molecule has 0 saturated carbocycles. The van der Waals surface area contributed by atoms with Gasteiger partial charge in [-0.3, -0.25) is 0 Å². The molecule has 6 heteroatoms. The summed E-state index contributed by atoms with van der Waals surface area (Å²) < 4.78 is 18.7. The maximum Gasteiger partial charge on any atom is 0.197 e. The maximum absolute atomic E-state index is 9.34. The Kier molecular flexibility index (Phi) is 7.30. The van der Waals surface area contributed by atoms with Crippen LogP contribution in [0.25, 0.3) is 11.3 Å². The number of halogens is 1. The predicted molar refractivity (Wildman–Crippen MR) is 135 cm³/mol. The lowest BCUT2D eigenvalue weighted by molar-refractivity contribution is 0.287. The molecule has 166 valence electrons. The van der Waals surface area contributed by atoms with Crippen molar-refractivity contribution < 1.29 is 14.0 Å². The highest BCUT2D eigenvalue weighted by Crippen LogP contribution is 2.41. The normalized spacial score (nSPS) is 10.8. The summed E-state index contributed by atoms with van der Waals surface area (Å²) in [7, 11) is 0. The van der Waals surface area contributed by atoms with Crippen LogP contribution in [-0.4, -0.2) is 5.16 Å². The average molecular weight is 550 g/mol. The molecule has 1 aromatic heterocycles. The van der Waals surface area contributed by atoms with E-state index >= 15 is 0 Å². The quantitative estimate of drug-likeness (QED) is 0.219. The third-order valence-corrected chi connectivity index (χ3v) is 6.20. The van der Waals surface area contributed by atoms with Gasteiger partial charge in [-0.2, -0.15) is 5.26 Å². The van der Waals surface area contributed by atoms with Gasteiger partial charge < -0.3 is 14.0 Å². The van der Waals surface area contributed by atoms with E-state index in [-0.39, 0.29) is 11.6 Å². The van der Waals surface area contributed by atoms with Gasteiger partial charge in [0, 0.05) is 6.07 Å². The van der Waals surface area contributed by atoms with Crippen LogP contribution in [0.1, 0.15) is 42.1 Å². The number of ether oxygens (including phenoxy) is 2. The van der Waals surface area contributed by atoms with Crippen LogP contribution in [0.4, 0.5) is 0 Å². The molecule has 0 aliphatic carbocycles. The Morgan fingerprint density at radius 3 is 2.00 bits per heavy atom. The van der Waals surface area contributed by atoms with Crippen molar-refractivity contribution in [2.45, 2.75) is 33.0 Å². The van der Waals surface area contributed by atoms with Crippen LogP contribution in [0, 0.1) is 14.9 Å². The fraction of sp³-hybridized carbons (Fsp3) is 0.185. The summed E-state index contributed by atoms with van der Waals surface area (Å²) in [6, 6.07) is 26.0. The van der Waals surface area contributed by atoms with E-state index in [1.165, 1.54) is 0 Å². The van der Waals surface area contributed by atoms with E-state index in [0.717, 1.165) is 28.0 Å². The lowest BCUT2D eigenvalue weighted by Gasteiger charge is -2.19. The summed E-state index contributed by atoms with van der Waals surface area (Å²) in [4.78, 5) is 0. The van der Waals surface area contributed by atoms with Crippen molar-refractivity contribution in [3.8, 4) is 28.9 Å². The van der Waals surface area contributed by atoms with Crippen molar-refractivity contribution in [2.24, 2.45) is 0 Å². The molecular formula is C27H23IN2O3. The molecular weight excluding hydrogens is 527 g/mol. The number of benzene rings is 3. The fourth-order valence-corrected chi connectivity index (χ4v) is 4.05. The van der Waals surface area contributed by atoms with Crippen molar-refractivity contribution in [1.82, 2.24) is 5.16 Å². The molecule has 1 heterocycles. The summed E-state index contributed by atoms with van der Waals surface area (Å²) in [5.41, 5.74) is 4.17. The van der Waals surface area contributed by atoms with Crippen LogP contribution >= 0.6 is 22.6 Å². The van der Waals surface area contributed by atoms with E-state index in [0.29, 0.717) is 28.3 Å². The number of nitriles is 1. The largest absolute Gasteiger partial charge is 0.488 e. The first-order valence-electron chi connectivity index (χ1n) is 10.6. The summed E-state index contributed by atoms with van der Waals surface area (Å²) in [5.74, 6) is 2.10. The zero-order valence-electron chi connectivity index (χ0n) is 18.4. The number of hydrogen-bond donors (Lipinski definition) is 0. The van der Waals surface area contributed by atoms with E-state index in [4.69, 9.17) is 14.0 Å². The van der Waals surface area contributed by atoms with Crippen LogP contribution in [0.15, 0.2) is 77.3 Å². The lowest BCUT2D eigenvalue weighted by Crippen LogP contribution is -2.03. The van der Waals surface area contributed by atoms with Crippen LogP contribution in [0.5, 0.6) is 11.5 Å². The van der Waals surface area contributed by atoms with Gasteiger partial charge in [-0.05, 0) is 51.3 Å². The molecule has 0 bridgehead atoms. The monoisotopic (exact) mass is 550 g/mol. The molecule has 0 amide bonds. The van der Waals surface area contributed by atoms with E-state index < -0.39 is 0 Å². The SMILES string of the molecule is CC(C)c1cc(-c2onc(C#N)c2I)c(OCc2ccccc2)cc1OCc1ccccc1. The van der Waals surface area contributed by atoms with Gasteiger partial charge in [-0.25, -0.2) is 0 Å². The van der Waals surface area contributed by atoms with Gasteiger partial charge in [0.15, 0.2) is 11.5 Å². The van der Waals surface area contributed by atoms with Crippen molar-refractivity contribution in [2.75, 3.05) is 0 Å². The number of aromatic nitrogens is 1. The Hall–Kier alpha value is -3.31. The first kappa shape index (κ1) is 22.9. The molecule has 5 nitrogen and oxygen atoms in total. The molecule has 3 aromatic carbocycles. The van der Waals surface area contributed by atoms with Gasteiger partial charge in [0.1, 0.15) is 30.8 Å². The smallest absolute Gasteiger partial charge is 0.197 e. The summed E-state index contributed by atoms with van der Waals surface area (Å²) in [5, 5.41) is 13.2. The molecule has 0 aliphatic heterocycles. The third kappa shape index (κ3) is 5.37. The topological polar surface area (TPSA) is 68.3 Å². The highest BCUT2D eigenvalue weighted by Gasteiger charge is 2.23. The molecule has 0 aliphatic rings. The van der Waals surface area contributed by atoms with E-state index in [9.17, 15) is 5.26 Å². The molecule has 4 rings (SSSR count). The van der Waals surface area contributed by atoms with Crippen LogP contribution in [-0.2, 0) is 13.2 Å². The second-order valence-corrected chi connectivity index (χ2v) is 8.95. The minimum absolute atomic E-state index is 0.203. The fourth-order valence-electron chi connectivity index (χ4n) is 3.44. The van der Waals surface area contributed by atoms with Crippen molar-refractivity contribution in [3.05, 3.63) is 98.8 Å². The van der Waals surface area contributed by atoms with Crippen molar-refractivity contribution in [1.29, 1.82) is 5.26 Å². The molecule has 0 fully saturated rings. The standard InChI is InChI=1S/C27H23IN2O3/c1-18(2)21-13-22(27-26(28)23(15-29)30-33-27)25(32-17-20-11-7-4-8-12-20)14-24(21)31-16-19-9-5-3-6-10-19/h3-14,18H,16-17H2,1-2H3. The number of hydrogen-bond acceptors (Lipinski definition) is 5. The van der Waals surface area contributed by atoms with Crippen LogP contribution < -0.4 is 9.47 Å². The molecule has 4 aromatic rings.